The van der Waals surface area contributed by atoms with Gasteiger partial charge in [0, 0.05) is 50.7 Å². The molecule has 2 aromatic rings. The van der Waals surface area contributed by atoms with Gasteiger partial charge in [-0.15, -0.1) is 11.3 Å². The molecule has 23 heavy (non-hydrogen) atoms. The number of pyridine rings is 1. The Morgan fingerprint density at radius 2 is 1.96 bits per heavy atom. The molecule has 0 bridgehead atoms. The first-order valence-electron chi connectivity index (χ1n) is 8.14. The molecule has 2 fully saturated rings. The lowest BCUT2D eigenvalue weighted by Crippen LogP contribution is -2.42. The number of rotatable bonds is 3. The van der Waals surface area contributed by atoms with E-state index in [2.05, 4.69) is 43.2 Å². The van der Waals surface area contributed by atoms with Crippen LogP contribution in [0.1, 0.15) is 4.88 Å². The third-order valence-electron chi connectivity index (χ3n) is 4.40. The van der Waals surface area contributed by atoms with E-state index in [-0.39, 0.29) is 0 Å². The quantitative estimate of drug-likeness (QED) is 0.805. The molecule has 0 spiro atoms. The molecule has 0 unspecified atom stereocenters. The summed E-state index contributed by atoms with van der Waals surface area (Å²) < 4.78 is 7.70. The standard InChI is InChI=1S/C16H21BrN4OS/c17-14-10-12-9-13(11-20-3-1-18-2-4-20)23-15(12)16(19-14)21-5-7-22-8-6-21/h9-10,18H,1-8,11H2. The largest absolute Gasteiger partial charge is 0.378 e. The Morgan fingerprint density at radius 1 is 1.17 bits per heavy atom. The highest BCUT2D eigenvalue weighted by Crippen LogP contribution is 2.35. The van der Waals surface area contributed by atoms with Gasteiger partial charge in [-0.25, -0.2) is 4.98 Å². The van der Waals surface area contributed by atoms with Crippen LogP contribution in [0.4, 0.5) is 5.82 Å². The first-order chi connectivity index (χ1) is 11.3. The van der Waals surface area contributed by atoms with Crippen molar-refractivity contribution in [3.63, 3.8) is 0 Å². The summed E-state index contributed by atoms with van der Waals surface area (Å²) in [5.41, 5.74) is 0. The van der Waals surface area contributed by atoms with Gasteiger partial charge in [0.05, 0.1) is 17.9 Å². The number of nitrogens with one attached hydrogen (secondary N) is 1. The molecule has 124 valence electrons. The topological polar surface area (TPSA) is 40.6 Å². The second-order valence-electron chi connectivity index (χ2n) is 6.03. The highest BCUT2D eigenvalue weighted by molar-refractivity contribution is 9.10. The summed E-state index contributed by atoms with van der Waals surface area (Å²) in [5, 5.41) is 4.71. The molecule has 0 radical (unpaired) electrons. The minimum absolute atomic E-state index is 0.786. The number of hydrogen-bond acceptors (Lipinski definition) is 6. The average molecular weight is 397 g/mol. The first-order valence-corrected chi connectivity index (χ1v) is 9.75. The number of piperazine rings is 1. The van der Waals surface area contributed by atoms with Crippen LogP contribution in [0.5, 0.6) is 0 Å². The Bertz CT molecular complexity index is 680. The van der Waals surface area contributed by atoms with Gasteiger partial charge in [0.25, 0.3) is 0 Å². The number of nitrogens with zero attached hydrogens (tertiary/aromatic N) is 3. The minimum atomic E-state index is 0.786. The molecular weight excluding hydrogens is 376 g/mol. The van der Waals surface area contributed by atoms with Crippen molar-refractivity contribution in [2.75, 3.05) is 57.4 Å². The van der Waals surface area contributed by atoms with E-state index < -0.39 is 0 Å². The van der Waals surface area contributed by atoms with E-state index in [4.69, 9.17) is 9.72 Å². The first kappa shape index (κ1) is 15.8. The lowest BCUT2D eigenvalue weighted by molar-refractivity contribution is 0.122. The van der Waals surface area contributed by atoms with Crippen molar-refractivity contribution in [1.29, 1.82) is 0 Å². The predicted molar refractivity (Wildman–Crippen MR) is 98.5 cm³/mol. The average Bonchev–Trinajstić information content (AvgIpc) is 2.98. The van der Waals surface area contributed by atoms with Gasteiger partial charge < -0.3 is 15.0 Å². The Morgan fingerprint density at radius 3 is 2.74 bits per heavy atom. The molecule has 0 aliphatic carbocycles. The number of morpholine rings is 1. The van der Waals surface area contributed by atoms with Crippen molar-refractivity contribution in [2.24, 2.45) is 0 Å². The van der Waals surface area contributed by atoms with Gasteiger partial charge in [0.2, 0.25) is 0 Å². The maximum absolute atomic E-state index is 5.48. The van der Waals surface area contributed by atoms with E-state index in [1.165, 1.54) is 15.0 Å². The minimum Gasteiger partial charge on any atom is -0.378 e. The molecule has 2 aliphatic rings. The Balaban J connectivity index is 1.63. The summed E-state index contributed by atoms with van der Waals surface area (Å²) in [4.78, 5) is 11.1. The molecule has 4 rings (SSSR count). The highest BCUT2D eigenvalue weighted by atomic mass is 79.9. The van der Waals surface area contributed by atoms with Crippen LogP contribution in [-0.4, -0.2) is 62.4 Å². The van der Waals surface area contributed by atoms with Gasteiger partial charge in [-0.05, 0) is 33.4 Å². The lowest BCUT2D eigenvalue weighted by atomic mass is 10.2. The fourth-order valence-electron chi connectivity index (χ4n) is 3.21. The molecule has 2 aliphatic heterocycles. The molecule has 0 atom stereocenters. The predicted octanol–water partition coefficient (Wildman–Crippen LogP) is 2.30. The molecular formula is C16H21BrN4OS. The summed E-state index contributed by atoms with van der Waals surface area (Å²) in [6.07, 6.45) is 0. The number of fused-ring (bicyclic) bond motifs is 1. The van der Waals surface area contributed by atoms with E-state index in [9.17, 15) is 0 Å². The molecule has 2 aromatic heterocycles. The van der Waals surface area contributed by atoms with E-state index in [1.54, 1.807) is 0 Å². The van der Waals surface area contributed by atoms with E-state index in [0.29, 0.717) is 0 Å². The monoisotopic (exact) mass is 396 g/mol. The summed E-state index contributed by atoms with van der Waals surface area (Å²) >= 11 is 5.47. The summed E-state index contributed by atoms with van der Waals surface area (Å²) in [5.74, 6) is 1.11. The molecule has 0 aromatic carbocycles. The van der Waals surface area contributed by atoms with E-state index in [0.717, 1.165) is 69.4 Å². The van der Waals surface area contributed by atoms with E-state index >= 15 is 0 Å². The number of anilines is 1. The van der Waals surface area contributed by atoms with Crippen LogP contribution in [0.3, 0.4) is 0 Å². The lowest BCUT2D eigenvalue weighted by Gasteiger charge is -2.28. The second kappa shape index (κ2) is 7.03. The van der Waals surface area contributed by atoms with Crippen LogP contribution >= 0.6 is 27.3 Å². The molecule has 4 heterocycles. The van der Waals surface area contributed by atoms with Gasteiger partial charge in [0.1, 0.15) is 10.4 Å². The SMILES string of the molecule is Brc1cc2cc(CN3CCNCC3)sc2c(N2CCOCC2)n1. The van der Waals surface area contributed by atoms with Crippen molar-refractivity contribution in [2.45, 2.75) is 6.54 Å². The third-order valence-corrected chi connectivity index (χ3v) is 5.94. The van der Waals surface area contributed by atoms with Crippen molar-refractivity contribution in [3.8, 4) is 0 Å². The van der Waals surface area contributed by atoms with Gasteiger partial charge in [-0.2, -0.15) is 0 Å². The van der Waals surface area contributed by atoms with Gasteiger partial charge >= 0.3 is 0 Å². The Kier molecular flexibility index (Phi) is 4.82. The maximum Gasteiger partial charge on any atom is 0.148 e. The maximum atomic E-state index is 5.48. The summed E-state index contributed by atoms with van der Waals surface area (Å²) in [6.45, 7) is 8.91. The second-order valence-corrected chi connectivity index (χ2v) is 7.97. The fourth-order valence-corrected chi connectivity index (χ4v) is 4.82. The van der Waals surface area contributed by atoms with Gasteiger partial charge in [-0.3, -0.25) is 4.90 Å². The Labute approximate surface area is 148 Å². The number of thiophene rings is 1. The molecule has 1 N–H and O–H groups in total. The normalized spacial score (nSPS) is 20.3. The highest BCUT2D eigenvalue weighted by Gasteiger charge is 2.19. The molecule has 2 saturated heterocycles. The smallest absolute Gasteiger partial charge is 0.148 e. The number of hydrogen-bond donors (Lipinski definition) is 1. The van der Waals surface area contributed by atoms with Gasteiger partial charge in [-0.1, -0.05) is 0 Å². The number of ether oxygens (including phenoxy) is 1. The van der Waals surface area contributed by atoms with Crippen molar-refractivity contribution in [3.05, 3.63) is 21.6 Å². The van der Waals surface area contributed by atoms with Crippen LogP contribution in [-0.2, 0) is 11.3 Å². The van der Waals surface area contributed by atoms with E-state index in [1.807, 2.05) is 11.3 Å². The van der Waals surface area contributed by atoms with Crippen LogP contribution in [0.2, 0.25) is 0 Å². The van der Waals surface area contributed by atoms with Crippen molar-refractivity contribution in [1.82, 2.24) is 15.2 Å². The zero-order valence-electron chi connectivity index (χ0n) is 13.1. The molecule has 0 saturated carbocycles. The summed E-state index contributed by atoms with van der Waals surface area (Å²) in [7, 11) is 0. The third kappa shape index (κ3) is 3.53. The summed E-state index contributed by atoms with van der Waals surface area (Å²) in [6, 6.07) is 4.47. The van der Waals surface area contributed by atoms with Crippen LogP contribution in [0.25, 0.3) is 10.1 Å². The van der Waals surface area contributed by atoms with Crippen molar-refractivity contribution < 1.29 is 4.74 Å². The molecule has 5 nitrogen and oxygen atoms in total. The van der Waals surface area contributed by atoms with Gasteiger partial charge in [0.15, 0.2) is 0 Å². The van der Waals surface area contributed by atoms with Crippen LogP contribution in [0.15, 0.2) is 16.7 Å². The number of aromatic nitrogens is 1. The molecule has 0 amide bonds. The fraction of sp³-hybridized carbons (Fsp3) is 0.562. The number of halogens is 1. The van der Waals surface area contributed by atoms with Crippen molar-refractivity contribution >= 4 is 43.2 Å². The molecule has 7 heteroatoms. The van der Waals surface area contributed by atoms with Crippen LogP contribution < -0.4 is 10.2 Å². The Hall–Kier alpha value is -0.730. The zero-order valence-corrected chi connectivity index (χ0v) is 15.5. The van der Waals surface area contributed by atoms with Crippen LogP contribution in [0, 0.1) is 0 Å². The zero-order chi connectivity index (χ0) is 15.6.